The first-order valence-corrected chi connectivity index (χ1v) is 10.5. The number of benzene rings is 3. The molecule has 3 aromatic carbocycles. The van der Waals surface area contributed by atoms with E-state index in [1.54, 1.807) is 43.3 Å². The van der Waals surface area contributed by atoms with Gasteiger partial charge in [0.15, 0.2) is 0 Å². The Balaban J connectivity index is 1.77. The zero-order chi connectivity index (χ0) is 21.0. The number of rotatable bonds is 6. The average molecular weight is 412 g/mol. The largest absolute Gasteiger partial charge is 0.346 e. The van der Waals surface area contributed by atoms with Crippen molar-refractivity contribution in [2.45, 2.75) is 24.8 Å². The van der Waals surface area contributed by atoms with E-state index in [1.807, 2.05) is 13.0 Å². The summed E-state index contributed by atoms with van der Waals surface area (Å²) >= 11 is 0. The summed E-state index contributed by atoms with van der Waals surface area (Å²) in [5, 5.41) is 2.79. The van der Waals surface area contributed by atoms with Gasteiger partial charge in [-0.25, -0.2) is 12.8 Å². The number of nitrogens with one attached hydrogen (secondary N) is 2. The molecule has 1 atom stereocenters. The lowest BCUT2D eigenvalue weighted by molar-refractivity contribution is 0.0939. The second-order valence-corrected chi connectivity index (χ2v) is 8.43. The van der Waals surface area contributed by atoms with Gasteiger partial charge in [0, 0.05) is 11.3 Å². The number of anilines is 1. The van der Waals surface area contributed by atoms with Crippen LogP contribution in [0, 0.1) is 12.7 Å². The topological polar surface area (TPSA) is 75.3 Å². The SMILES string of the molecule is Cc1cccc(NS(=O)(=O)c2cccc(C(=O)N[C@H](C)c3ccc(F)cc3)c2)c1. The third kappa shape index (κ3) is 5.20. The van der Waals surface area contributed by atoms with Crippen LogP contribution in [0.4, 0.5) is 10.1 Å². The predicted molar refractivity (Wildman–Crippen MR) is 111 cm³/mol. The Morgan fingerprint density at radius 1 is 0.966 bits per heavy atom. The molecule has 0 radical (unpaired) electrons. The Bertz CT molecular complexity index is 1130. The molecule has 0 saturated heterocycles. The second-order valence-electron chi connectivity index (χ2n) is 6.75. The molecular weight excluding hydrogens is 391 g/mol. The number of hydrogen-bond acceptors (Lipinski definition) is 3. The molecule has 150 valence electrons. The summed E-state index contributed by atoms with van der Waals surface area (Å²) in [6, 6.07) is 18.3. The van der Waals surface area contributed by atoms with E-state index < -0.39 is 15.9 Å². The van der Waals surface area contributed by atoms with E-state index >= 15 is 0 Å². The molecule has 0 spiro atoms. The summed E-state index contributed by atoms with van der Waals surface area (Å²) in [6.45, 7) is 3.63. The molecule has 0 aromatic heterocycles. The molecular formula is C22H21FN2O3S. The molecule has 0 saturated carbocycles. The molecule has 0 unspecified atom stereocenters. The first-order valence-electron chi connectivity index (χ1n) is 9.00. The van der Waals surface area contributed by atoms with E-state index in [9.17, 15) is 17.6 Å². The fraction of sp³-hybridized carbons (Fsp3) is 0.136. The normalized spacial score (nSPS) is 12.2. The number of sulfonamides is 1. The molecule has 0 bridgehead atoms. The first-order chi connectivity index (χ1) is 13.7. The van der Waals surface area contributed by atoms with Crippen LogP contribution in [0.15, 0.2) is 77.7 Å². The van der Waals surface area contributed by atoms with Crippen molar-refractivity contribution in [2.24, 2.45) is 0 Å². The molecule has 5 nitrogen and oxygen atoms in total. The lowest BCUT2D eigenvalue weighted by Crippen LogP contribution is -2.27. The molecule has 0 aliphatic rings. The second kappa shape index (κ2) is 8.45. The molecule has 1 amide bonds. The van der Waals surface area contributed by atoms with Crippen molar-refractivity contribution < 1.29 is 17.6 Å². The van der Waals surface area contributed by atoms with Gasteiger partial charge in [-0.1, -0.05) is 30.3 Å². The number of hydrogen-bond donors (Lipinski definition) is 2. The van der Waals surface area contributed by atoms with Crippen molar-refractivity contribution in [2.75, 3.05) is 4.72 Å². The van der Waals surface area contributed by atoms with E-state index in [1.165, 1.54) is 30.3 Å². The summed E-state index contributed by atoms with van der Waals surface area (Å²) in [5.41, 5.74) is 2.33. The molecule has 7 heteroatoms. The molecule has 3 rings (SSSR count). The molecule has 0 fully saturated rings. The number of halogens is 1. The van der Waals surface area contributed by atoms with E-state index in [0.717, 1.165) is 11.1 Å². The number of aryl methyl sites for hydroxylation is 1. The average Bonchev–Trinajstić information content (AvgIpc) is 2.68. The van der Waals surface area contributed by atoms with E-state index in [2.05, 4.69) is 10.0 Å². The molecule has 3 aromatic rings. The van der Waals surface area contributed by atoms with Crippen LogP contribution in [0.1, 0.15) is 34.5 Å². The molecule has 0 heterocycles. The van der Waals surface area contributed by atoms with Crippen LogP contribution in [-0.4, -0.2) is 14.3 Å². The van der Waals surface area contributed by atoms with Crippen molar-refractivity contribution in [3.63, 3.8) is 0 Å². The van der Waals surface area contributed by atoms with Gasteiger partial charge in [0.05, 0.1) is 10.9 Å². The lowest BCUT2D eigenvalue weighted by atomic mass is 10.1. The van der Waals surface area contributed by atoms with Crippen molar-refractivity contribution in [1.29, 1.82) is 0 Å². The van der Waals surface area contributed by atoms with E-state index in [-0.39, 0.29) is 22.3 Å². The zero-order valence-corrected chi connectivity index (χ0v) is 16.8. The van der Waals surface area contributed by atoms with Crippen molar-refractivity contribution >= 4 is 21.6 Å². The van der Waals surface area contributed by atoms with Crippen LogP contribution in [0.2, 0.25) is 0 Å². The minimum Gasteiger partial charge on any atom is -0.346 e. The highest BCUT2D eigenvalue weighted by Gasteiger charge is 2.18. The minimum absolute atomic E-state index is 0.0129. The van der Waals surface area contributed by atoms with Crippen LogP contribution in [0.5, 0.6) is 0 Å². The van der Waals surface area contributed by atoms with Gasteiger partial charge in [-0.2, -0.15) is 0 Å². The van der Waals surface area contributed by atoms with Crippen molar-refractivity contribution in [1.82, 2.24) is 5.32 Å². The fourth-order valence-corrected chi connectivity index (χ4v) is 3.94. The summed E-state index contributed by atoms with van der Waals surface area (Å²) in [7, 11) is -3.84. The van der Waals surface area contributed by atoms with Crippen LogP contribution >= 0.6 is 0 Å². The molecule has 29 heavy (non-hydrogen) atoms. The summed E-state index contributed by atoms with van der Waals surface area (Å²) in [5.74, 6) is -0.777. The monoisotopic (exact) mass is 412 g/mol. The van der Waals surface area contributed by atoms with E-state index in [0.29, 0.717) is 5.69 Å². The van der Waals surface area contributed by atoms with Crippen LogP contribution in [-0.2, 0) is 10.0 Å². The highest BCUT2D eigenvalue weighted by atomic mass is 32.2. The van der Waals surface area contributed by atoms with Crippen LogP contribution in [0.25, 0.3) is 0 Å². The van der Waals surface area contributed by atoms with E-state index in [4.69, 9.17) is 0 Å². The Morgan fingerprint density at radius 3 is 2.34 bits per heavy atom. The van der Waals surface area contributed by atoms with Gasteiger partial charge in [0.2, 0.25) is 0 Å². The number of carbonyl (C=O) groups excluding carboxylic acids is 1. The molecule has 0 aliphatic carbocycles. The molecule has 0 aliphatic heterocycles. The van der Waals surface area contributed by atoms with Gasteiger partial charge in [-0.05, 0) is 67.4 Å². The molecule has 2 N–H and O–H groups in total. The van der Waals surface area contributed by atoms with Gasteiger partial charge >= 0.3 is 0 Å². The first kappa shape index (κ1) is 20.5. The van der Waals surface area contributed by atoms with Gasteiger partial charge in [0.25, 0.3) is 15.9 Å². The van der Waals surface area contributed by atoms with Gasteiger partial charge in [-0.15, -0.1) is 0 Å². The fourth-order valence-electron chi connectivity index (χ4n) is 2.84. The van der Waals surface area contributed by atoms with Gasteiger partial charge < -0.3 is 5.32 Å². The standard InChI is InChI=1S/C22H21FN2O3S/c1-15-5-3-7-20(13-15)25-29(27,28)21-8-4-6-18(14-21)22(26)24-16(2)17-9-11-19(23)12-10-17/h3-14,16,25H,1-2H3,(H,24,26)/t16-/m1/s1. The maximum Gasteiger partial charge on any atom is 0.261 e. The number of carbonyl (C=O) groups is 1. The smallest absolute Gasteiger partial charge is 0.261 e. The maximum absolute atomic E-state index is 13.1. The Morgan fingerprint density at radius 2 is 1.66 bits per heavy atom. The van der Waals surface area contributed by atoms with Gasteiger partial charge in [0.1, 0.15) is 5.82 Å². The Labute approximate surface area is 169 Å². The predicted octanol–water partition coefficient (Wildman–Crippen LogP) is 4.43. The van der Waals surface area contributed by atoms with Crippen LogP contribution < -0.4 is 10.0 Å². The minimum atomic E-state index is -3.84. The number of amides is 1. The highest BCUT2D eigenvalue weighted by molar-refractivity contribution is 7.92. The highest BCUT2D eigenvalue weighted by Crippen LogP contribution is 2.19. The van der Waals surface area contributed by atoms with Crippen LogP contribution in [0.3, 0.4) is 0 Å². The van der Waals surface area contributed by atoms with Crippen molar-refractivity contribution in [3.8, 4) is 0 Å². The zero-order valence-electron chi connectivity index (χ0n) is 16.0. The van der Waals surface area contributed by atoms with Gasteiger partial charge in [-0.3, -0.25) is 9.52 Å². The quantitative estimate of drug-likeness (QED) is 0.629. The summed E-state index contributed by atoms with van der Waals surface area (Å²) < 4.78 is 41.0. The maximum atomic E-state index is 13.1. The summed E-state index contributed by atoms with van der Waals surface area (Å²) in [6.07, 6.45) is 0. The third-order valence-electron chi connectivity index (χ3n) is 4.39. The Kier molecular flexibility index (Phi) is 5.98. The summed E-state index contributed by atoms with van der Waals surface area (Å²) in [4.78, 5) is 12.6. The van der Waals surface area contributed by atoms with Crippen molar-refractivity contribution in [3.05, 3.63) is 95.3 Å². The Hall–Kier alpha value is -3.19. The lowest BCUT2D eigenvalue weighted by Gasteiger charge is -2.15. The third-order valence-corrected chi connectivity index (χ3v) is 5.77.